The number of aliphatic carboxylic acids is 1. The lowest BCUT2D eigenvalue weighted by Crippen LogP contribution is -2.54. The highest BCUT2D eigenvalue weighted by molar-refractivity contribution is 5.75. The van der Waals surface area contributed by atoms with Crippen LogP contribution in [-0.4, -0.2) is 53.1 Å². The van der Waals surface area contributed by atoms with E-state index in [4.69, 9.17) is 0 Å². The Balaban J connectivity index is 2.24. The van der Waals surface area contributed by atoms with Crippen molar-refractivity contribution in [2.75, 3.05) is 26.2 Å². The van der Waals surface area contributed by atoms with Crippen molar-refractivity contribution >= 4 is 5.97 Å². The van der Waals surface area contributed by atoms with E-state index in [1.165, 1.54) is 12.1 Å². The summed E-state index contributed by atoms with van der Waals surface area (Å²) in [6.07, 6.45) is -4.42. The molecular formula is C16H21F3N2O2. The van der Waals surface area contributed by atoms with Crippen LogP contribution in [0.4, 0.5) is 13.2 Å². The Morgan fingerprint density at radius 1 is 1.30 bits per heavy atom. The highest BCUT2D eigenvalue weighted by atomic mass is 19.4. The number of likely N-dealkylation sites (N-methyl/N-ethyl adjacent to an activating group) is 1. The Morgan fingerprint density at radius 3 is 2.35 bits per heavy atom. The monoisotopic (exact) mass is 330 g/mol. The van der Waals surface area contributed by atoms with Crippen molar-refractivity contribution < 1.29 is 23.1 Å². The Morgan fingerprint density at radius 2 is 1.91 bits per heavy atom. The van der Waals surface area contributed by atoms with E-state index in [9.17, 15) is 23.1 Å². The molecule has 23 heavy (non-hydrogen) atoms. The lowest BCUT2D eigenvalue weighted by molar-refractivity contribution is -0.145. The van der Waals surface area contributed by atoms with Gasteiger partial charge in [0.15, 0.2) is 0 Å². The van der Waals surface area contributed by atoms with Crippen LogP contribution in [0.15, 0.2) is 24.3 Å². The average Bonchev–Trinajstić information content (AvgIpc) is 2.48. The van der Waals surface area contributed by atoms with Crippen molar-refractivity contribution in [3.05, 3.63) is 35.4 Å². The van der Waals surface area contributed by atoms with Crippen molar-refractivity contribution in [3.8, 4) is 0 Å². The van der Waals surface area contributed by atoms with Crippen molar-refractivity contribution in [3.63, 3.8) is 0 Å². The largest absolute Gasteiger partial charge is 0.480 e. The standard InChI is InChI=1S/C16H21F3N2O2/c1-3-20-8-9-21(11(2)10-20)14(15(22)23)12-4-6-13(7-5-12)16(17,18)19/h4-7,11,14H,3,8-10H2,1-2H3,(H,22,23). The van der Waals surface area contributed by atoms with Gasteiger partial charge in [0.05, 0.1) is 5.56 Å². The SMILES string of the molecule is CCN1CCN(C(C(=O)O)c2ccc(C(F)(F)F)cc2)C(C)C1. The van der Waals surface area contributed by atoms with Crippen molar-refractivity contribution in [2.45, 2.75) is 32.1 Å². The maximum absolute atomic E-state index is 12.6. The lowest BCUT2D eigenvalue weighted by atomic mass is 10.0. The van der Waals surface area contributed by atoms with E-state index in [0.29, 0.717) is 12.1 Å². The minimum absolute atomic E-state index is 0.0205. The smallest absolute Gasteiger partial charge is 0.416 e. The molecule has 1 N–H and O–H groups in total. The molecule has 0 radical (unpaired) electrons. The predicted octanol–water partition coefficient (Wildman–Crippen LogP) is 2.86. The fourth-order valence-corrected chi connectivity index (χ4v) is 3.05. The highest BCUT2D eigenvalue weighted by Crippen LogP contribution is 2.32. The first-order valence-corrected chi connectivity index (χ1v) is 7.62. The first-order valence-electron chi connectivity index (χ1n) is 7.62. The van der Waals surface area contributed by atoms with E-state index in [1.54, 1.807) is 0 Å². The number of carboxylic acid groups (broad SMARTS) is 1. The fraction of sp³-hybridized carbons (Fsp3) is 0.562. The van der Waals surface area contributed by atoms with Crippen LogP contribution in [0, 0.1) is 0 Å². The third-order valence-electron chi connectivity index (χ3n) is 4.33. The van der Waals surface area contributed by atoms with Crippen LogP contribution in [-0.2, 0) is 11.0 Å². The number of carbonyl (C=O) groups is 1. The Kier molecular flexibility index (Phi) is 5.31. The van der Waals surface area contributed by atoms with Crippen molar-refractivity contribution in [2.24, 2.45) is 0 Å². The van der Waals surface area contributed by atoms with Gasteiger partial charge in [0.2, 0.25) is 0 Å². The van der Waals surface area contributed by atoms with E-state index in [1.807, 2.05) is 18.7 Å². The molecule has 2 unspecified atom stereocenters. The minimum Gasteiger partial charge on any atom is -0.480 e. The second-order valence-electron chi connectivity index (χ2n) is 5.84. The molecule has 1 aromatic rings. The normalized spacial score (nSPS) is 22.0. The molecule has 0 aliphatic carbocycles. The number of benzene rings is 1. The number of carboxylic acids is 1. The van der Waals surface area contributed by atoms with E-state index in [2.05, 4.69) is 4.90 Å². The fourth-order valence-electron chi connectivity index (χ4n) is 3.05. The summed E-state index contributed by atoms with van der Waals surface area (Å²) in [4.78, 5) is 15.8. The average molecular weight is 330 g/mol. The van der Waals surface area contributed by atoms with Crippen LogP contribution < -0.4 is 0 Å². The third-order valence-corrected chi connectivity index (χ3v) is 4.33. The molecule has 4 nitrogen and oxygen atoms in total. The molecule has 2 atom stereocenters. The van der Waals surface area contributed by atoms with E-state index in [0.717, 1.165) is 31.8 Å². The van der Waals surface area contributed by atoms with Gasteiger partial charge in [0, 0.05) is 25.7 Å². The predicted molar refractivity (Wildman–Crippen MR) is 80.1 cm³/mol. The van der Waals surface area contributed by atoms with Crippen LogP contribution in [0.3, 0.4) is 0 Å². The van der Waals surface area contributed by atoms with E-state index in [-0.39, 0.29) is 6.04 Å². The second kappa shape index (κ2) is 6.88. The van der Waals surface area contributed by atoms with Crippen LogP contribution in [0.25, 0.3) is 0 Å². The first kappa shape index (κ1) is 17.7. The van der Waals surface area contributed by atoms with Crippen LogP contribution in [0.1, 0.15) is 31.0 Å². The van der Waals surface area contributed by atoms with Gasteiger partial charge < -0.3 is 10.0 Å². The van der Waals surface area contributed by atoms with Crippen LogP contribution >= 0.6 is 0 Å². The molecule has 128 valence electrons. The quantitative estimate of drug-likeness (QED) is 0.922. The van der Waals surface area contributed by atoms with E-state index < -0.39 is 23.8 Å². The summed E-state index contributed by atoms with van der Waals surface area (Å²) in [6.45, 7) is 6.98. The van der Waals surface area contributed by atoms with Crippen molar-refractivity contribution in [1.29, 1.82) is 0 Å². The van der Waals surface area contributed by atoms with Gasteiger partial charge in [-0.3, -0.25) is 9.69 Å². The summed E-state index contributed by atoms with van der Waals surface area (Å²) in [5, 5.41) is 9.57. The number of rotatable bonds is 4. The highest BCUT2D eigenvalue weighted by Gasteiger charge is 2.35. The molecule has 0 spiro atoms. The number of halogens is 3. The van der Waals surface area contributed by atoms with Gasteiger partial charge in [0.25, 0.3) is 0 Å². The number of hydrogen-bond donors (Lipinski definition) is 1. The molecule has 0 bridgehead atoms. The van der Waals surface area contributed by atoms with Gasteiger partial charge >= 0.3 is 12.1 Å². The van der Waals surface area contributed by atoms with Gasteiger partial charge in [-0.2, -0.15) is 13.2 Å². The molecule has 7 heteroatoms. The summed E-state index contributed by atoms with van der Waals surface area (Å²) < 4.78 is 37.9. The zero-order chi connectivity index (χ0) is 17.2. The Bertz CT molecular complexity index is 545. The number of hydrogen-bond acceptors (Lipinski definition) is 3. The molecule has 1 heterocycles. The lowest BCUT2D eigenvalue weighted by Gasteiger charge is -2.42. The summed E-state index contributed by atoms with van der Waals surface area (Å²) in [5.41, 5.74) is -0.392. The molecule has 1 aliphatic heterocycles. The molecule has 1 aromatic carbocycles. The van der Waals surface area contributed by atoms with Crippen molar-refractivity contribution in [1.82, 2.24) is 9.80 Å². The van der Waals surface area contributed by atoms with E-state index >= 15 is 0 Å². The zero-order valence-electron chi connectivity index (χ0n) is 13.2. The third kappa shape index (κ3) is 4.03. The Hall–Kier alpha value is -1.60. The minimum atomic E-state index is -4.42. The van der Waals surface area contributed by atoms with Gasteiger partial charge in [-0.1, -0.05) is 19.1 Å². The summed E-state index contributed by atoms with van der Waals surface area (Å²) >= 11 is 0. The molecule has 1 saturated heterocycles. The topological polar surface area (TPSA) is 43.8 Å². The maximum Gasteiger partial charge on any atom is 0.416 e. The van der Waals surface area contributed by atoms with Gasteiger partial charge in [0.1, 0.15) is 6.04 Å². The summed E-state index contributed by atoms with van der Waals surface area (Å²) in [7, 11) is 0. The zero-order valence-corrected chi connectivity index (χ0v) is 13.2. The first-order chi connectivity index (χ1) is 10.7. The Labute approximate surface area is 133 Å². The maximum atomic E-state index is 12.6. The summed E-state index contributed by atoms with van der Waals surface area (Å²) in [5.74, 6) is -1.04. The molecule has 1 aliphatic rings. The molecule has 2 rings (SSSR count). The molecule has 0 amide bonds. The molecule has 0 saturated carbocycles. The molecule has 1 fully saturated rings. The molecular weight excluding hydrogens is 309 g/mol. The number of nitrogens with zero attached hydrogens (tertiary/aromatic N) is 2. The second-order valence-corrected chi connectivity index (χ2v) is 5.84. The van der Waals surface area contributed by atoms with Gasteiger partial charge in [-0.25, -0.2) is 0 Å². The van der Waals surface area contributed by atoms with Gasteiger partial charge in [-0.05, 0) is 31.2 Å². The number of alkyl halides is 3. The van der Waals surface area contributed by atoms with Crippen LogP contribution in [0.5, 0.6) is 0 Å². The summed E-state index contributed by atoms with van der Waals surface area (Å²) in [6, 6.07) is 3.51. The molecule has 0 aromatic heterocycles. The van der Waals surface area contributed by atoms with Crippen LogP contribution in [0.2, 0.25) is 0 Å². The number of piperazine rings is 1. The van der Waals surface area contributed by atoms with Gasteiger partial charge in [-0.15, -0.1) is 0 Å².